The largest absolute Gasteiger partial charge is 0.490 e. The zero-order valence-corrected chi connectivity index (χ0v) is 13.1. The number of ether oxygens (including phenoxy) is 1. The second kappa shape index (κ2) is 7.00. The molecule has 1 heterocycles. The minimum Gasteiger partial charge on any atom is -0.475 e. The smallest absolute Gasteiger partial charge is 0.475 e. The highest BCUT2D eigenvalue weighted by Gasteiger charge is 2.52. The van der Waals surface area contributed by atoms with Gasteiger partial charge in [0.15, 0.2) is 0 Å². The molecule has 4 N–H and O–H groups in total. The van der Waals surface area contributed by atoms with Crippen molar-refractivity contribution in [2.45, 2.75) is 30.4 Å². The SMILES string of the molecule is CC1(O)COCC1(N)c1ccc(C(F)(F)F)cc1F.O=C(O)C(F)(F)F. The number of rotatable bonds is 1. The lowest BCUT2D eigenvalue weighted by atomic mass is 9.78. The molecule has 0 spiro atoms. The van der Waals surface area contributed by atoms with Crippen LogP contribution >= 0.6 is 0 Å². The van der Waals surface area contributed by atoms with Crippen molar-refractivity contribution in [3.8, 4) is 0 Å². The Morgan fingerprint density at radius 1 is 1.19 bits per heavy atom. The summed E-state index contributed by atoms with van der Waals surface area (Å²) >= 11 is 0. The number of halogens is 7. The van der Waals surface area contributed by atoms with Crippen molar-refractivity contribution in [2.75, 3.05) is 13.2 Å². The molecule has 2 rings (SSSR count). The molecule has 0 bridgehead atoms. The third kappa shape index (κ3) is 4.62. The maximum atomic E-state index is 13.9. The van der Waals surface area contributed by atoms with Gasteiger partial charge in [-0.25, -0.2) is 9.18 Å². The molecule has 0 aliphatic carbocycles. The van der Waals surface area contributed by atoms with Crippen LogP contribution in [0.2, 0.25) is 0 Å². The van der Waals surface area contributed by atoms with Crippen LogP contribution in [0.4, 0.5) is 30.7 Å². The van der Waals surface area contributed by atoms with Gasteiger partial charge in [-0.15, -0.1) is 0 Å². The number of carboxylic acid groups (broad SMARTS) is 1. The molecule has 26 heavy (non-hydrogen) atoms. The molecule has 5 nitrogen and oxygen atoms in total. The Kier molecular flexibility index (Phi) is 5.96. The zero-order chi connectivity index (χ0) is 20.6. The van der Waals surface area contributed by atoms with E-state index in [0.29, 0.717) is 6.07 Å². The number of hydrogen-bond acceptors (Lipinski definition) is 4. The highest BCUT2D eigenvalue weighted by atomic mass is 19.4. The topological polar surface area (TPSA) is 92.8 Å². The summed E-state index contributed by atoms with van der Waals surface area (Å²) in [5.74, 6) is -3.87. The number of nitrogens with two attached hydrogens (primary N) is 1. The van der Waals surface area contributed by atoms with Crippen LogP contribution in [0.25, 0.3) is 0 Å². The predicted octanol–water partition coefficient (Wildman–Crippen LogP) is 2.41. The van der Waals surface area contributed by atoms with E-state index in [2.05, 4.69) is 0 Å². The fraction of sp³-hybridized carbons (Fsp3) is 0.500. The van der Waals surface area contributed by atoms with Gasteiger partial charge in [0.25, 0.3) is 0 Å². The molecule has 12 heteroatoms. The molecule has 2 atom stereocenters. The second-order valence-electron chi connectivity index (χ2n) is 5.73. The summed E-state index contributed by atoms with van der Waals surface area (Å²) in [7, 11) is 0. The molecular formula is C14H14F7NO4. The number of carboxylic acids is 1. The Hall–Kier alpha value is -1.92. The van der Waals surface area contributed by atoms with Gasteiger partial charge in [-0.2, -0.15) is 26.3 Å². The van der Waals surface area contributed by atoms with E-state index in [1.807, 2.05) is 0 Å². The number of carbonyl (C=O) groups is 1. The van der Waals surface area contributed by atoms with Gasteiger partial charge in [0.2, 0.25) is 0 Å². The van der Waals surface area contributed by atoms with E-state index in [1.165, 1.54) is 6.92 Å². The van der Waals surface area contributed by atoms with Gasteiger partial charge in [0, 0.05) is 5.56 Å². The lowest BCUT2D eigenvalue weighted by molar-refractivity contribution is -0.192. The Bertz CT molecular complexity index is 672. The molecule has 0 amide bonds. The van der Waals surface area contributed by atoms with Gasteiger partial charge in [-0.3, -0.25) is 0 Å². The first-order chi connectivity index (χ1) is 11.5. The van der Waals surface area contributed by atoms with Crippen LogP contribution in [-0.4, -0.2) is 41.2 Å². The van der Waals surface area contributed by atoms with Crippen molar-refractivity contribution in [2.24, 2.45) is 5.73 Å². The number of benzene rings is 1. The quantitative estimate of drug-likeness (QED) is 0.638. The highest BCUT2D eigenvalue weighted by Crippen LogP contribution is 2.39. The van der Waals surface area contributed by atoms with E-state index in [4.69, 9.17) is 20.4 Å². The monoisotopic (exact) mass is 393 g/mol. The fourth-order valence-electron chi connectivity index (χ4n) is 2.12. The summed E-state index contributed by atoms with van der Waals surface area (Å²) in [4.78, 5) is 8.90. The van der Waals surface area contributed by atoms with E-state index >= 15 is 0 Å². The van der Waals surface area contributed by atoms with Crippen LogP contribution in [0.5, 0.6) is 0 Å². The third-order valence-corrected chi connectivity index (χ3v) is 3.69. The Labute approximate surface area is 142 Å². The lowest BCUT2D eigenvalue weighted by Crippen LogP contribution is -2.55. The van der Waals surface area contributed by atoms with Crippen LogP contribution in [0.1, 0.15) is 18.1 Å². The van der Waals surface area contributed by atoms with Crippen molar-refractivity contribution < 1.29 is 50.5 Å². The number of hydrogen-bond donors (Lipinski definition) is 3. The maximum Gasteiger partial charge on any atom is 0.490 e. The summed E-state index contributed by atoms with van der Waals surface area (Å²) in [6.07, 6.45) is -9.71. The van der Waals surface area contributed by atoms with Crippen LogP contribution in [0.15, 0.2) is 18.2 Å². The summed E-state index contributed by atoms with van der Waals surface area (Å²) in [5.41, 5.74) is 1.51. The van der Waals surface area contributed by atoms with Crippen molar-refractivity contribution in [1.29, 1.82) is 0 Å². The summed E-state index contributed by atoms with van der Waals surface area (Å²) < 4.78 is 88.0. The van der Waals surface area contributed by atoms with Crippen LogP contribution in [0, 0.1) is 5.82 Å². The molecule has 1 saturated heterocycles. The van der Waals surface area contributed by atoms with Crippen molar-refractivity contribution >= 4 is 5.97 Å². The first-order valence-electron chi connectivity index (χ1n) is 6.79. The van der Waals surface area contributed by atoms with Gasteiger partial charge < -0.3 is 20.7 Å². The van der Waals surface area contributed by atoms with Gasteiger partial charge in [-0.1, -0.05) is 6.07 Å². The van der Waals surface area contributed by atoms with E-state index < -0.39 is 40.8 Å². The molecule has 0 aromatic heterocycles. The van der Waals surface area contributed by atoms with Crippen molar-refractivity contribution in [3.63, 3.8) is 0 Å². The Balaban J connectivity index is 0.000000412. The number of aliphatic hydroxyl groups is 1. The molecule has 0 saturated carbocycles. The van der Waals surface area contributed by atoms with Crippen LogP contribution in [0.3, 0.4) is 0 Å². The molecular weight excluding hydrogens is 379 g/mol. The molecule has 1 fully saturated rings. The van der Waals surface area contributed by atoms with Gasteiger partial charge in [0.1, 0.15) is 11.4 Å². The van der Waals surface area contributed by atoms with Crippen LogP contribution in [-0.2, 0) is 21.2 Å². The molecule has 148 valence electrons. The molecule has 1 aliphatic rings. The van der Waals surface area contributed by atoms with E-state index in [9.17, 15) is 35.8 Å². The average Bonchev–Trinajstić information content (AvgIpc) is 2.71. The number of aliphatic carboxylic acids is 1. The van der Waals surface area contributed by atoms with E-state index in [-0.39, 0.29) is 18.8 Å². The standard InChI is InChI=1S/C12H13F4NO2.C2HF3O2/c1-10(18)5-19-6-11(10,17)8-3-2-7(4-9(8)13)12(14,15)16;3-2(4,5)1(6)7/h2-4,18H,5-6,17H2,1H3;(H,6,7). The first-order valence-corrected chi connectivity index (χ1v) is 6.79. The Morgan fingerprint density at radius 2 is 1.69 bits per heavy atom. The first kappa shape index (κ1) is 22.1. The molecule has 1 aromatic rings. The van der Waals surface area contributed by atoms with Crippen LogP contribution < -0.4 is 5.73 Å². The van der Waals surface area contributed by atoms with Crippen molar-refractivity contribution in [3.05, 3.63) is 35.1 Å². The molecule has 2 unspecified atom stereocenters. The lowest BCUT2D eigenvalue weighted by Gasteiger charge is -2.35. The maximum absolute atomic E-state index is 13.9. The minimum atomic E-state index is -5.08. The zero-order valence-electron chi connectivity index (χ0n) is 13.1. The van der Waals surface area contributed by atoms with Gasteiger partial charge >= 0.3 is 18.3 Å². The summed E-state index contributed by atoms with van der Waals surface area (Å²) in [5, 5.41) is 17.2. The summed E-state index contributed by atoms with van der Waals surface area (Å²) in [6.45, 7) is 1.09. The average molecular weight is 393 g/mol. The van der Waals surface area contributed by atoms with Crippen molar-refractivity contribution in [1.82, 2.24) is 0 Å². The summed E-state index contributed by atoms with van der Waals surface area (Å²) in [6, 6.07) is 2.06. The van der Waals surface area contributed by atoms with Gasteiger partial charge in [0.05, 0.1) is 24.3 Å². The minimum absolute atomic E-state index is 0.107. The predicted molar refractivity (Wildman–Crippen MR) is 72.4 cm³/mol. The molecule has 0 radical (unpaired) electrons. The molecule has 1 aliphatic heterocycles. The van der Waals surface area contributed by atoms with Gasteiger partial charge in [-0.05, 0) is 19.1 Å². The normalized spacial score (nSPS) is 26.2. The van der Waals surface area contributed by atoms with E-state index in [0.717, 1.165) is 12.1 Å². The third-order valence-electron chi connectivity index (χ3n) is 3.69. The second-order valence-corrected chi connectivity index (χ2v) is 5.73. The van der Waals surface area contributed by atoms with E-state index in [1.54, 1.807) is 0 Å². The number of alkyl halides is 6. The molecule has 1 aromatic carbocycles. The fourth-order valence-corrected chi connectivity index (χ4v) is 2.12. The highest BCUT2D eigenvalue weighted by molar-refractivity contribution is 5.73. The Morgan fingerprint density at radius 3 is 2.00 bits per heavy atom.